The Kier molecular flexibility index (Phi) is 5.03. The molecule has 3 atom stereocenters. The first-order valence-corrected chi connectivity index (χ1v) is 6.85. The third-order valence-electron chi connectivity index (χ3n) is 3.24. The van der Waals surface area contributed by atoms with Crippen LogP contribution in [0.4, 0.5) is 0 Å². The second kappa shape index (κ2) is 6.77. The third kappa shape index (κ3) is 3.45. The Morgan fingerprint density at radius 1 is 1.62 bits per heavy atom. The first-order chi connectivity index (χ1) is 10.1. The normalized spacial score (nSPS) is 24.8. The van der Waals surface area contributed by atoms with Gasteiger partial charge in [-0.3, -0.25) is 14.3 Å². The number of azide groups is 1. The quantitative estimate of drug-likeness (QED) is 0.349. The van der Waals surface area contributed by atoms with Crippen molar-refractivity contribution in [2.24, 2.45) is 5.11 Å². The molecule has 2 heterocycles. The van der Waals surface area contributed by atoms with Gasteiger partial charge in [-0.2, -0.15) is 0 Å². The van der Waals surface area contributed by atoms with Gasteiger partial charge in [-0.25, -0.2) is 4.79 Å². The smallest absolute Gasteiger partial charge is 0.330 e. The molecule has 1 aromatic rings. The van der Waals surface area contributed by atoms with Gasteiger partial charge in [0.25, 0.3) is 5.56 Å². The lowest BCUT2D eigenvalue weighted by Gasteiger charge is -2.15. The van der Waals surface area contributed by atoms with E-state index in [0.717, 1.165) is 0 Å². The van der Waals surface area contributed by atoms with Crippen LogP contribution >= 0.6 is 11.6 Å². The Bertz CT molecular complexity index is 665. The average Bonchev–Trinajstić information content (AvgIpc) is 2.80. The molecule has 0 amide bonds. The van der Waals surface area contributed by atoms with E-state index in [9.17, 15) is 14.7 Å². The predicted molar refractivity (Wildman–Crippen MR) is 74.3 cm³/mol. The van der Waals surface area contributed by atoms with E-state index in [4.69, 9.17) is 21.9 Å². The van der Waals surface area contributed by atoms with Crippen molar-refractivity contribution in [3.8, 4) is 0 Å². The van der Waals surface area contributed by atoms with E-state index in [1.165, 1.54) is 10.8 Å². The van der Waals surface area contributed by atoms with Gasteiger partial charge in [-0.15, -0.1) is 11.6 Å². The van der Waals surface area contributed by atoms with Crippen LogP contribution in [0, 0.1) is 0 Å². The fourth-order valence-electron chi connectivity index (χ4n) is 2.19. The number of nitrogens with zero attached hydrogens (tertiary/aromatic N) is 4. The van der Waals surface area contributed by atoms with Crippen LogP contribution in [0.15, 0.2) is 20.9 Å². The van der Waals surface area contributed by atoms with E-state index in [-0.39, 0.29) is 18.8 Å². The maximum absolute atomic E-state index is 11.8. The second-order valence-corrected chi connectivity index (χ2v) is 4.98. The molecule has 1 fully saturated rings. The number of ether oxygens (including phenoxy) is 1. The largest absolute Gasteiger partial charge is 0.390 e. The molecule has 2 N–H and O–H groups in total. The number of aromatic amines is 1. The fourth-order valence-corrected chi connectivity index (χ4v) is 2.39. The van der Waals surface area contributed by atoms with E-state index in [2.05, 4.69) is 15.0 Å². The lowest BCUT2D eigenvalue weighted by Crippen LogP contribution is -2.34. The van der Waals surface area contributed by atoms with Crippen LogP contribution in [0.2, 0.25) is 0 Å². The molecule has 0 bridgehead atoms. The molecule has 0 radical (unpaired) electrons. The standard InChI is InChI=1S/C11H14ClN5O4/c12-2-1-6-5-17(11(20)15-10(6)19)9-3-7(18)8(21-9)4-14-16-13/h5,7-9,18H,1-4H2,(H,15,19,20)/t7?,8-,9-/m0/s1. The molecule has 1 aromatic heterocycles. The van der Waals surface area contributed by atoms with Crippen molar-refractivity contribution in [3.63, 3.8) is 0 Å². The summed E-state index contributed by atoms with van der Waals surface area (Å²) in [5.41, 5.74) is 7.53. The van der Waals surface area contributed by atoms with Gasteiger partial charge in [0.15, 0.2) is 0 Å². The number of alkyl halides is 1. The van der Waals surface area contributed by atoms with Crippen LogP contribution in [-0.4, -0.2) is 39.3 Å². The summed E-state index contributed by atoms with van der Waals surface area (Å²) >= 11 is 5.61. The monoisotopic (exact) mass is 315 g/mol. The number of rotatable bonds is 5. The molecule has 114 valence electrons. The Balaban J connectivity index is 2.26. The zero-order chi connectivity index (χ0) is 15.4. The molecule has 0 spiro atoms. The van der Waals surface area contributed by atoms with Gasteiger partial charge in [0.05, 0.1) is 18.8 Å². The van der Waals surface area contributed by atoms with Gasteiger partial charge < -0.3 is 9.84 Å². The molecule has 0 saturated carbocycles. The fraction of sp³-hybridized carbons (Fsp3) is 0.636. The van der Waals surface area contributed by atoms with Crippen molar-refractivity contribution in [1.29, 1.82) is 0 Å². The Morgan fingerprint density at radius 3 is 3.05 bits per heavy atom. The van der Waals surface area contributed by atoms with Crippen LogP contribution in [-0.2, 0) is 11.2 Å². The number of aromatic nitrogens is 2. The Labute approximate surface area is 123 Å². The summed E-state index contributed by atoms with van der Waals surface area (Å²) in [4.78, 5) is 28.2. The molecule has 21 heavy (non-hydrogen) atoms. The summed E-state index contributed by atoms with van der Waals surface area (Å²) < 4.78 is 6.72. The number of halogens is 1. The van der Waals surface area contributed by atoms with Crippen LogP contribution in [0.1, 0.15) is 18.2 Å². The predicted octanol–water partition coefficient (Wildman–Crippen LogP) is 0.277. The van der Waals surface area contributed by atoms with Gasteiger partial charge in [-0.1, -0.05) is 5.11 Å². The SMILES string of the molecule is [N-]=[N+]=NC[C@@H]1O[C@H](n2cc(CCCl)c(=O)[nH]c2=O)CC1O. The Hall–Kier alpha value is -1.80. The van der Waals surface area contributed by atoms with E-state index in [1.807, 2.05) is 0 Å². The highest BCUT2D eigenvalue weighted by atomic mass is 35.5. The van der Waals surface area contributed by atoms with Gasteiger partial charge >= 0.3 is 5.69 Å². The van der Waals surface area contributed by atoms with E-state index in [0.29, 0.717) is 12.0 Å². The highest BCUT2D eigenvalue weighted by Crippen LogP contribution is 2.27. The van der Waals surface area contributed by atoms with Gasteiger partial charge in [-0.05, 0) is 12.0 Å². The van der Waals surface area contributed by atoms with Crippen molar-refractivity contribution in [2.45, 2.75) is 31.3 Å². The summed E-state index contributed by atoms with van der Waals surface area (Å²) in [5.74, 6) is 0.245. The first kappa shape index (κ1) is 15.6. The lowest BCUT2D eigenvalue weighted by atomic mass is 10.2. The van der Waals surface area contributed by atoms with E-state index < -0.39 is 29.7 Å². The second-order valence-electron chi connectivity index (χ2n) is 4.61. The minimum atomic E-state index is -0.851. The number of aliphatic hydroxyl groups excluding tert-OH is 1. The molecule has 1 aliphatic heterocycles. The van der Waals surface area contributed by atoms with Gasteiger partial charge in [0.1, 0.15) is 6.23 Å². The molecule has 0 aliphatic carbocycles. The van der Waals surface area contributed by atoms with Crippen molar-refractivity contribution in [1.82, 2.24) is 9.55 Å². The average molecular weight is 316 g/mol. The molecule has 0 aromatic carbocycles. The molecule has 10 heteroatoms. The zero-order valence-corrected chi connectivity index (χ0v) is 11.7. The highest BCUT2D eigenvalue weighted by Gasteiger charge is 2.35. The number of hydrogen-bond donors (Lipinski definition) is 2. The van der Waals surface area contributed by atoms with Crippen molar-refractivity contribution in [2.75, 3.05) is 12.4 Å². The summed E-state index contributed by atoms with van der Waals surface area (Å²) in [6, 6.07) is 0. The summed E-state index contributed by atoms with van der Waals surface area (Å²) in [5, 5.41) is 13.2. The van der Waals surface area contributed by atoms with Crippen molar-refractivity contribution < 1.29 is 9.84 Å². The Morgan fingerprint density at radius 2 is 2.38 bits per heavy atom. The maximum atomic E-state index is 11.8. The minimum absolute atomic E-state index is 0.0270. The van der Waals surface area contributed by atoms with Crippen molar-refractivity contribution in [3.05, 3.63) is 43.0 Å². The zero-order valence-electron chi connectivity index (χ0n) is 11.0. The van der Waals surface area contributed by atoms with Crippen LogP contribution < -0.4 is 11.2 Å². The lowest BCUT2D eigenvalue weighted by molar-refractivity contribution is -0.0151. The number of aliphatic hydroxyl groups is 1. The topological polar surface area (TPSA) is 133 Å². The maximum Gasteiger partial charge on any atom is 0.330 e. The molecular formula is C11H14ClN5O4. The van der Waals surface area contributed by atoms with E-state index in [1.54, 1.807) is 0 Å². The number of aryl methyl sites for hydroxylation is 1. The minimum Gasteiger partial charge on any atom is -0.390 e. The third-order valence-corrected chi connectivity index (χ3v) is 3.43. The van der Waals surface area contributed by atoms with Crippen LogP contribution in [0.3, 0.4) is 0 Å². The summed E-state index contributed by atoms with van der Waals surface area (Å²) in [7, 11) is 0. The molecule has 9 nitrogen and oxygen atoms in total. The molecule has 1 unspecified atom stereocenters. The van der Waals surface area contributed by atoms with Gasteiger partial charge in [0.2, 0.25) is 0 Å². The molecule has 1 saturated heterocycles. The van der Waals surface area contributed by atoms with Crippen molar-refractivity contribution >= 4 is 11.6 Å². The first-order valence-electron chi connectivity index (χ1n) is 6.31. The highest BCUT2D eigenvalue weighted by molar-refractivity contribution is 6.17. The van der Waals surface area contributed by atoms with Crippen LogP contribution in [0.5, 0.6) is 0 Å². The molecular weight excluding hydrogens is 302 g/mol. The van der Waals surface area contributed by atoms with Crippen LogP contribution in [0.25, 0.3) is 10.4 Å². The van der Waals surface area contributed by atoms with E-state index >= 15 is 0 Å². The van der Waals surface area contributed by atoms with Gasteiger partial charge in [0, 0.05) is 29.0 Å². The number of nitrogens with one attached hydrogen (secondary N) is 1. The number of hydrogen-bond acceptors (Lipinski definition) is 5. The summed E-state index contributed by atoms with van der Waals surface area (Å²) in [6.07, 6.45) is -0.391. The number of H-pyrrole nitrogens is 1. The molecule has 1 aliphatic rings. The summed E-state index contributed by atoms with van der Waals surface area (Å²) in [6.45, 7) is -0.0270. The molecule has 2 rings (SSSR count).